The van der Waals surface area contributed by atoms with E-state index in [4.69, 9.17) is 4.74 Å². The SMILES string of the molecule is COc1nccnc1C(=O)c1ccncc1C. The van der Waals surface area contributed by atoms with E-state index in [0.717, 1.165) is 5.56 Å². The van der Waals surface area contributed by atoms with Gasteiger partial charge >= 0.3 is 0 Å². The zero-order valence-corrected chi connectivity index (χ0v) is 9.54. The zero-order valence-electron chi connectivity index (χ0n) is 9.54. The van der Waals surface area contributed by atoms with Gasteiger partial charge in [-0.2, -0.15) is 0 Å². The fraction of sp³-hybridized carbons (Fsp3) is 0.167. The van der Waals surface area contributed by atoms with Gasteiger partial charge in [0.25, 0.3) is 0 Å². The molecule has 0 saturated heterocycles. The predicted octanol–water partition coefficient (Wildman–Crippen LogP) is 1.42. The van der Waals surface area contributed by atoms with Gasteiger partial charge in [-0.25, -0.2) is 9.97 Å². The lowest BCUT2D eigenvalue weighted by atomic mass is 10.1. The molecule has 0 unspecified atom stereocenters. The first-order valence-corrected chi connectivity index (χ1v) is 5.04. The first-order valence-electron chi connectivity index (χ1n) is 5.04. The van der Waals surface area contributed by atoms with Gasteiger partial charge in [0.1, 0.15) is 0 Å². The number of pyridine rings is 1. The van der Waals surface area contributed by atoms with Gasteiger partial charge in [-0.15, -0.1) is 0 Å². The van der Waals surface area contributed by atoms with Crippen LogP contribution in [0, 0.1) is 6.92 Å². The number of carbonyl (C=O) groups excluding carboxylic acids is 1. The first kappa shape index (κ1) is 11.2. The van der Waals surface area contributed by atoms with Crippen LogP contribution in [0.4, 0.5) is 0 Å². The van der Waals surface area contributed by atoms with Crippen LogP contribution in [-0.4, -0.2) is 27.8 Å². The topological polar surface area (TPSA) is 65.0 Å². The van der Waals surface area contributed by atoms with E-state index in [1.165, 1.54) is 19.5 Å². The Morgan fingerprint density at radius 3 is 2.71 bits per heavy atom. The van der Waals surface area contributed by atoms with Gasteiger partial charge in [0.15, 0.2) is 5.69 Å². The predicted molar refractivity (Wildman–Crippen MR) is 61.0 cm³/mol. The maximum absolute atomic E-state index is 12.2. The maximum Gasteiger partial charge on any atom is 0.243 e. The molecule has 0 N–H and O–H groups in total. The van der Waals surface area contributed by atoms with Crippen LogP contribution in [0.3, 0.4) is 0 Å². The van der Waals surface area contributed by atoms with Crippen molar-refractivity contribution >= 4 is 5.78 Å². The van der Waals surface area contributed by atoms with Gasteiger partial charge < -0.3 is 4.74 Å². The molecule has 2 rings (SSSR count). The van der Waals surface area contributed by atoms with Crippen molar-refractivity contribution in [2.75, 3.05) is 7.11 Å². The minimum absolute atomic E-state index is 0.212. The number of methoxy groups -OCH3 is 1. The smallest absolute Gasteiger partial charge is 0.243 e. The van der Waals surface area contributed by atoms with Gasteiger partial charge in [-0.05, 0) is 18.6 Å². The lowest BCUT2D eigenvalue weighted by molar-refractivity contribution is 0.102. The minimum Gasteiger partial charge on any atom is -0.479 e. The molecule has 17 heavy (non-hydrogen) atoms. The van der Waals surface area contributed by atoms with Gasteiger partial charge in [-0.3, -0.25) is 9.78 Å². The summed E-state index contributed by atoms with van der Waals surface area (Å²) in [5.74, 6) is 0.0172. The number of ketones is 1. The number of carbonyl (C=O) groups is 1. The van der Waals surface area contributed by atoms with Crippen LogP contribution in [0.25, 0.3) is 0 Å². The summed E-state index contributed by atoms with van der Waals surface area (Å²) in [4.78, 5) is 24.1. The number of ether oxygens (including phenoxy) is 1. The summed E-state index contributed by atoms with van der Waals surface area (Å²) in [7, 11) is 1.46. The van der Waals surface area contributed by atoms with Gasteiger partial charge in [0, 0.05) is 30.4 Å². The molecule has 0 atom stereocenters. The average Bonchev–Trinajstić information content (AvgIpc) is 2.38. The van der Waals surface area contributed by atoms with Gasteiger partial charge in [0.05, 0.1) is 7.11 Å². The summed E-state index contributed by atoms with van der Waals surface area (Å²) in [5.41, 5.74) is 1.56. The van der Waals surface area contributed by atoms with Crippen molar-refractivity contribution < 1.29 is 9.53 Å². The Morgan fingerprint density at radius 1 is 1.24 bits per heavy atom. The molecule has 0 radical (unpaired) electrons. The van der Waals surface area contributed by atoms with Gasteiger partial charge in [0.2, 0.25) is 11.7 Å². The van der Waals surface area contributed by atoms with E-state index >= 15 is 0 Å². The highest BCUT2D eigenvalue weighted by Crippen LogP contribution is 2.17. The molecule has 0 amide bonds. The fourth-order valence-corrected chi connectivity index (χ4v) is 1.49. The Bertz CT molecular complexity index is 555. The van der Waals surface area contributed by atoms with E-state index in [9.17, 15) is 4.79 Å². The molecule has 0 aliphatic carbocycles. The quantitative estimate of drug-likeness (QED) is 0.745. The standard InChI is InChI=1S/C12H11N3O2/c1-8-7-13-4-3-9(8)11(16)10-12(17-2)15-6-5-14-10/h3-7H,1-2H3. The number of rotatable bonds is 3. The fourth-order valence-electron chi connectivity index (χ4n) is 1.49. The molecule has 86 valence electrons. The molecule has 5 heteroatoms. The number of hydrogen-bond donors (Lipinski definition) is 0. The molecular formula is C12H11N3O2. The number of hydrogen-bond acceptors (Lipinski definition) is 5. The molecule has 0 fully saturated rings. The summed E-state index contributed by atoms with van der Waals surface area (Å²) in [5, 5.41) is 0. The van der Waals surface area contributed by atoms with Crippen molar-refractivity contribution in [3.05, 3.63) is 47.7 Å². The summed E-state index contributed by atoms with van der Waals surface area (Å²) >= 11 is 0. The van der Waals surface area contributed by atoms with Crippen LogP contribution in [-0.2, 0) is 0 Å². The highest BCUT2D eigenvalue weighted by atomic mass is 16.5. The van der Waals surface area contributed by atoms with Crippen molar-refractivity contribution in [3.63, 3.8) is 0 Å². The lowest BCUT2D eigenvalue weighted by Gasteiger charge is -2.06. The molecule has 0 bridgehead atoms. The summed E-state index contributed by atoms with van der Waals surface area (Å²) < 4.78 is 5.02. The van der Waals surface area contributed by atoms with Crippen molar-refractivity contribution in [1.82, 2.24) is 15.0 Å². The Labute approximate surface area is 98.5 Å². The average molecular weight is 229 g/mol. The normalized spacial score (nSPS) is 10.0. The monoisotopic (exact) mass is 229 g/mol. The van der Waals surface area contributed by atoms with Crippen LogP contribution < -0.4 is 4.74 Å². The third-order valence-electron chi connectivity index (χ3n) is 2.34. The van der Waals surface area contributed by atoms with Crippen molar-refractivity contribution in [1.29, 1.82) is 0 Å². The van der Waals surface area contributed by atoms with E-state index in [1.54, 1.807) is 18.5 Å². The third kappa shape index (κ3) is 2.13. The summed E-state index contributed by atoms with van der Waals surface area (Å²) in [6.07, 6.45) is 6.15. The molecule has 0 aliphatic heterocycles. The van der Waals surface area contributed by atoms with Crippen LogP contribution >= 0.6 is 0 Å². The lowest BCUT2D eigenvalue weighted by Crippen LogP contribution is -2.09. The van der Waals surface area contributed by atoms with E-state index < -0.39 is 0 Å². The molecule has 0 saturated carbocycles. The van der Waals surface area contributed by atoms with Crippen molar-refractivity contribution in [2.45, 2.75) is 6.92 Å². The summed E-state index contributed by atoms with van der Waals surface area (Å²) in [6, 6.07) is 1.66. The number of nitrogens with zero attached hydrogens (tertiary/aromatic N) is 3. The van der Waals surface area contributed by atoms with E-state index in [0.29, 0.717) is 5.56 Å². The Hall–Kier alpha value is -2.30. The summed E-state index contributed by atoms with van der Waals surface area (Å²) in [6.45, 7) is 1.82. The Morgan fingerprint density at radius 2 is 2.00 bits per heavy atom. The molecular weight excluding hydrogens is 218 g/mol. The van der Waals surface area contributed by atoms with E-state index in [2.05, 4.69) is 15.0 Å². The third-order valence-corrected chi connectivity index (χ3v) is 2.34. The zero-order chi connectivity index (χ0) is 12.3. The second kappa shape index (κ2) is 4.69. The van der Waals surface area contributed by atoms with Crippen molar-refractivity contribution in [2.24, 2.45) is 0 Å². The molecule has 0 aliphatic rings. The maximum atomic E-state index is 12.2. The Balaban J connectivity index is 2.48. The first-order chi connectivity index (χ1) is 8.24. The molecule has 2 heterocycles. The molecule has 2 aromatic rings. The second-order valence-corrected chi connectivity index (χ2v) is 3.43. The molecule has 2 aromatic heterocycles. The molecule has 0 aromatic carbocycles. The van der Waals surface area contributed by atoms with Crippen LogP contribution in [0.15, 0.2) is 30.9 Å². The largest absolute Gasteiger partial charge is 0.479 e. The highest BCUT2D eigenvalue weighted by molar-refractivity contribution is 6.09. The molecule has 5 nitrogen and oxygen atoms in total. The highest BCUT2D eigenvalue weighted by Gasteiger charge is 2.18. The van der Waals surface area contributed by atoms with Crippen LogP contribution in [0.1, 0.15) is 21.6 Å². The van der Waals surface area contributed by atoms with Crippen LogP contribution in [0.5, 0.6) is 5.88 Å². The van der Waals surface area contributed by atoms with E-state index in [1.807, 2.05) is 6.92 Å². The van der Waals surface area contributed by atoms with Crippen molar-refractivity contribution in [3.8, 4) is 5.88 Å². The second-order valence-electron chi connectivity index (χ2n) is 3.43. The van der Waals surface area contributed by atoms with Crippen LogP contribution in [0.2, 0.25) is 0 Å². The molecule has 0 spiro atoms. The number of aryl methyl sites for hydroxylation is 1. The van der Waals surface area contributed by atoms with Gasteiger partial charge in [-0.1, -0.05) is 0 Å². The number of aromatic nitrogens is 3. The Kier molecular flexibility index (Phi) is 3.09. The van der Waals surface area contributed by atoms with E-state index in [-0.39, 0.29) is 17.4 Å². The minimum atomic E-state index is -0.213.